The molecule has 0 radical (unpaired) electrons. The van der Waals surface area contributed by atoms with Crippen LogP contribution in [0, 0.1) is 6.92 Å². The fraction of sp³-hybridized carbons (Fsp3) is 0.526. The summed E-state index contributed by atoms with van der Waals surface area (Å²) in [6, 6.07) is 7.81. The van der Waals surface area contributed by atoms with E-state index in [9.17, 15) is 13.2 Å². The van der Waals surface area contributed by atoms with E-state index in [4.69, 9.17) is 0 Å². The summed E-state index contributed by atoms with van der Waals surface area (Å²) in [6.45, 7) is 3.65. The van der Waals surface area contributed by atoms with Gasteiger partial charge in [0.2, 0.25) is 15.9 Å². The predicted molar refractivity (Wildman–Crippen MR) is 114 cm³/mol. The van der Waals surface area contributed by atoms with Crippen LogP contribution in [0.4, 0.5) is 0 Å². The maximum absolute atomic E-state index is 12.6. The van der Waals surface area contributed by atoms with E-state index in [-0.39, 0.29) is 18.2 Å². The molecule has 1 N–H and O–H groups in total. The van der Waals surface area contributed by atoms with Crippen molar-refractivity contribution in [2.24, 2.45) is 0 Å². The smallest absolute Gasteiger partial charge is 0.233 e. The zero-order valence-corrected chi connectivity index (χ0v) is 18.4. The topological polar surface area (TPSA) is 97.2 Å². The van der Waals surface area contributed by atoms with E-state index in [1.54, 1.807) is 4.57 Å². The first-order chi connectivity index (χ1) is 13.8. The van der Waals surface area contributed by atoms with Crippen LogP contribution in [0.25, 0.3) is 5.69 Å². The van der Waals surface area contributed by atoms with Crippen LogP contribution in [0.3, 0.4) is 0 Å². The van der Waals surface area contributed by atoms with E-state index in [0.29, 0.717) is 11.0 Å². The van der Waals surface area contributed by atoms with Crippen molar-refractivity contribution in [1.29, 1.82) is 0 Å². The molecule has 10 heteroatoms. The minimum atomic E-state index is -3.36. The summed E-state index contributed by atoms with van der Waals surface area (Å²) in [5.74, 6) is 0.860. The molecule has 0 bridgehead atoms. The number of hydrogen-bond donors (Lipinski definition) is 1. The Bertz CT molecular complexity index is 933. The first-order valence-corrected chi connectivity index (χ1v) is 12.6. The molecule has 3 rings (SSSR count). The predicted octanol–water partition coefficient (Wildman–Crippen LogP) is 2.12. The highest BCUT2D eigenvalue weighted by molar-refractivity contribution is 7.99. The number of likely N-dealkylation sites (tertiary alicyclic amines) is 1. The third-order valence-corrected chi connectivity index (χ3v) is 6.35. The SMILES string of the molecule is Cc1ccc(-n2c(CNS(C)(=O)=O)nnc2SCC(=O)N2CCCCCC2)cc1. The van der Waals surface area contributed by atoms with Gasteiger partial charge in [0.05, 0.1) is 18.6 Å². The molecule has 2 aromatic rings. The number of rotatable bonds is 7. The normalized spacial score (nSPS) is 15.3. The van der Waals surface area contributed by atoms with E-state index in [0.717, 1.165) is 43.4 Å². The van der Waals surface area contributed by atoms with Crippen molar-refractivity contribution in [3.63, 3.8) is 0 Å². The van der Waals surface area contributed by atoms with Crippen LogP contribution in [0.15, 0.2) is 29.4 Å². The maximum atomic E-state index is 12.6. The number of sulfonamides is 1. The lowest BCUT2D eigenvalue weighted by Gasteiger charge is -2.20. The summed E-state index contributed by atoms with van der Waals surface area (Å²) in [4.78, 5) is 14.6. The number of aromatic nitrogens is 3. The molecule has 0 spiro atoms. The van der Waals surface area contributed by atoms with Crippen LogP contribution in [-0.4, -0.2) is 59.1 Å². The van der Waals surface area contributed by atoms with Gasteiger partial charge in [-0.15, -0.1) is 10.2 Å². The molecule has 0 aliphatic carbocycles. The first kappa shape index (κ1) is 21.8. The van der Waals surface area contributed by atoms with Crippen LogP contribution in [0.5, 0.6) is 0 Å². The lowest BCUT2D eigenvalue weighted by molar-refractivity contribution is -0.128. The molecule has 2 heterocycles. The van der Waals surface area contributed by atoms with Gasteiger partial charge in [-0.2, -0.15) is 0 Å². The van der Waals surface area contributed by atoms with Crippen molar-refractivity contribution in [1.82, 2.24) is 24.4 Å². The lowest BCUT2D eigenvalue weighted by Crippen LogP contribution is -2.33. The molecule has 1 aromatic carbocycles. The minimum absolute atomic E-state index is 0.0281. The van der Waals surface area contributed by atoms with Gasteiger partial charge < -0.3 is 4.90 Å². The Morgan fingerprint density at radius 2 is 1.76 bits per heavy atom. The second-order valence-electron chi connectivity index (χ2n) is 7.25. The summed E-state index contributed by atoms with van der Waals surface area (Å²) in [7, 11) is -3.36. The number of thioether (sulfide) groups is 1. The van der Waals surface area contributed by atoms with Gasteiger partial charge in [0, 0.05) is 18.8 Å². The Morgan fingerprint density at radius 1 is 1.10 bits per heavy atom. The molecule has 1 saturated heterocycles. The Kier molecular flexibility index (Phi) is 7.31. The zero-order chi connectivity index (χ0) is 20.9. The fourth-order valence-electron chi connectivity index (χ4n) is 3.19. The monoisotopic (exact) mass is 437 g/mol. The lowest BCUT2D eigenvalue weighted by atomic mass is 10.2. The Labute approximate surface area is 176 Å². The van der Waals surface area contributed by atoms with Gasteiger partial charge in [0.1, 0.15) is 0 Å². The van der Waals surface area contributed by atoms with Crippen LogP contribution >= 0.6 is 11.8 Å². The van der Waals surface area contributed by atoms with Crippen molar-refractivity contribution in [2.75, 3.05) is 25.1 Å². The molecule has 0 unspecified atom stereocenters. The van der Waals surface area contributed by atoms with E-state index in [1.165, 1.54) is 24.6 Å². The zero-order valence-electron chi connectivity index (χ0n) is 16.8. The number of nitrogens with zero attached hydrogens (tertiary/aromatic N) is 4. The summed E-state index contributed by atoms with van der Waals surface area (Å²) >= 11 is 1.33. The number of amides is 1. The van der Waals surface area contributed by atoms with E-state index in [1.807, 2.05) is 36.1 Å². The van der Waals surface area contributed by atoms with Gasteiger partial charge in [0.15, 0.2) is 11.0 Å². The van der Waals surface area contributed by atoms with Crippen molar-refractivity contribution < 1.29 is 13.2 Å². The number of nitrogens with one attached hydrogen (secondary N) is 1. The highest BCUT2D eigenvalue weighted by Crippen LogP contribution is 2.23. The van der Waals surface area contributed by atoms with E-state index < -0.39 is 10.0 Å². The number of carbonyl (C=O) groups is 1. The minimum Gasteiger partial charge on any atom is -0.342 e. The summed E-state index contributed by atoms with van der Waals surface area (Å²) in [6.07, 6.45) is 5.56. The Hall–Kier alpha value is -1.91. The molecule has 1 amide bonds. The molecule has 8 nitrogen and oxygen atoms in total. The van der Waals surface area contributed by atoms with Crippen molar-refractivity contribution in [2.45, 2.75) is 44.3 Å². The van der Waals surface area contributed by atoms with Gasteiger partial charge in [-0.1, -0.05) is 42.3 Å². The highest BCUT2D eigenvalue weighted by Gasteiger charge is 2.20. The van der Waals surface area contributed by atoms with Crippen LogP contribution in [-0.2, 0) is 21.4 Å². The molecular formula is C19H27N5O3S2. The van der Waals surface area contributed by atoms with E-state index >= 15 is 0 Å². The third kappa shape index (κ3) is 6.28. The van der Waals surface area contributed by atoms with Gasteiger partial charge >= 0.3 is 0 Å². The van der Waals surface area contributed by atoms with Crippen LogP contribution < -0.4 is 4.72 Å². The molecular weight excluding hydrogens is 410 g/mol. The first-order valence-electron chi connectivity index (χ1n) is 9.70. The second kappa shape index (κ2) is 9.73. The molecule has 1 aliphatic rings. The number of benzene rings is 1. The number of hydrogen-bond acceptors (Lipinski definition) is 6. The van der Waals surface area contributed by atoms with Gasteiger partial charge in [0.25, 0.3) is 0 Å². The quantitative estimate of drug-likeness (QED) is 0.667. The third-order valence-electron chi connectivity index (χ3n) is 4.77. The number of aryl methyl sites for hydroxylation is 1. The largest absolute Gasteiger partial charge is 0.342 e. The standard InChI is InChI=1S/C19H27N5O3S2/c1-15-7-9-16(10-8-15)24-17(13-20-29(2,26)27)21-22-19(24)28-14-18(25)23-11-5-3-4-6-12-23/h7-10,20H,3-6,11-14H2,1-2H3. The average molecular weight is 438 g/mol. The Balaban J connectivity index is 1.79. The Morgan fingerprint density at radius 3 is 2.38 bits per heavy atom. The molecule has 1 aliphatic heterocycles. The highest BCUT2D eigenvalue weighted by atomic mass is 32.2. The molecule has 0 atom stereocenters. The molecule has 1 aromatic heterocycles. The summed E-state index contributed by atoms with van der Waals surface area (Å²) in [5.41, 5.74) is 1.94. The van der Waals surface area contributed by atoms with Gasteiger partial charge in [-0.05, 0) is 31.9 Å². The van der Waals surface area contributed by atoms with Crippen molar-refractivity contribution >= 4 is 27.7 Å². The van der Waals surface area contributed by atoms with Crippen molar-refractivity contribution in [3.05, 3.63) is 35.7 Å². The summed E-state index contributed by atoms with van der Waals surface area (Å²) < 4.78 is 27.3. The molecule has 0 saturated carbocycles. The van der Waals surface area contributed by atoms with Crippen LogP contribution in [0.1, 0.15) is 37.1 Å². The summed E-state index contributed by atoms with van der Waals surface area (Å²) in [5, 5.41) is 8.96. The van der Waals surface area contributed by atoms with Gasteiger partial charge in [-0.3, -0.25) is 9.36 Å². The van der Waals surface area contributed by atoms with Crippen molar-refractivity contribution in [3.8, 4) is 5.69 Å². The molecule has 158 valence electrons. The number of carbonyl (C=O) groups excluding carboxylic acids is 1. The van der Waals surface area contributed by atoms with Crippen LogP contribution in [0.2, 0.25) is 0 Å². The average Bonchev–Trinajstić information content (AvgIpc) is 2.88. The van der Waals surface area contributed by atoms with Gasteiger partial charge in [-0.25, -0.2) is 13.1 Å². The second-order valence-corrected chi connectivity index (χ2v) is 10.0. The molecule has 1 fully saturated rings. The fourth-order valence-corrected chi connectivity index (χ4v) is 4.46. The molecule has 29 heavy (non-hydrogen) atoms. The van der Waals surface area contributed by atoms with E-state index in [2.05, 4.69) is 14.9 Å². The maximum Gasteiger partial charge on any atom is 0.233 e.